The minimum absolute atomic E-state index is 0.0955. The number of hydrogen-bond acceptors (Lipinski definition) is 5. The minimum atomic E-state index is -1.77. The molecule has 0 radical (unpaired) electrons. The van der Waals surface area contributed by atoms with Gasteiger partial charge in [0, 0.05) is 5.56 Å². The average Bonchev–Trinajstić information content (AvgIpc) is 2.35. The van der Waals surface area contributed by atoms with Crippen molar-refractivity contribution < 1.29 is 19.7 Å². The number of nitrogens with zero attached hydrogens (tertiary/aromatic N) is 1. The summed E-state index contributed by atoms with van der Waals surface area (Å²) in [7, 11) is 1.42. The van der Waals surface area contributed by atoms with Crippen LogP contribution in [0.1, 0.15) is 17.2 Å². The summed E-state index contributed by atoms with van der Waals surface area (Å²) in [5.74, 6) is -0.668. The van der Waals surface area contributed by atoms with Gasteiger partial charge in [-0.05, 0) is 18.2 Å². The van der Waals surface area contributed by atoms with Crippen LogP contribution >= 0.6 is 0 Å². The Morgan fingerprint density at radius 2 is 2.18 bits per heavy atom. The van der Waals surface area contributed by atoms with Crippen molar-refractivity contribution in [1.82, 2.24) is 0 Å². The van der Waals surface area contributed by atoms with Crippen molar-refractivity contribution >= 4 is 5.91 Å². The third kappa shape index (κ3) is 2.72. The molecule has 0 saturated carbocycles. The molecule has 1 aromatic rings. The van der Waals surface area contributed by atoms with Gasteiger partial charge in [0.05, 0.1) is 18.7 Å². The zero-order valence-corrected chi connectivity index (χ0v) is 9.12. The predicted octanol–water partition coefficient (Wildman–Crippen LogP) is -0.554. The number of methoxy groups -OCH3 is 1. The van der Waals surface area contributed by atoms with Crippen LogP contribution in [0.4, 0.5) is 0 Å². The first kappa shape index (κ1) is 13.0. The van der Waals surface area contributed by atoms with E-state index in [0.29, 0.717) is 5.75 Å². The van der Waals surface area contributed by atoms with E-state index in [1.54, 1.807) is 0 Å². The van der Waals surface area contributed by atoms with E-state index >= 15 is 0 Å². The van der Waals surface area contributed by atoms with Crippen LogP contribution in [0.5, 0.6) is 5.75 Å². The molecule has 6 nitrogen and oxygen atoms in total. The molecule has 1 rings (SSSR count). The second-order valence-corrected chi connectivity index (χ2v) is 3.36. The summed E-state index contributed by atoms with van der Waals surface area (Å²) in [6.45, 7) is 0. The fourth-order valence-electron chi connectivity index (χ4n) is 1.34. The van der Waals surface area contributed by atoms with E-state index < -0.39 is 18.1 Å². The molecule has 0 aliphatic carbocycles. The van der Waals surface area contributed by atoms with Crippen LogP contribution in [-0.2, 0) is 4.79 Å². The Labute approximate surface area is 97.9 Å². The molecule has 0 aliphatic heterocycles. The lowest BCUT2D eigenvalue weighted by Gasteiger charge is -2.17. The van der Waals surface area contributed by atoms with E-state index in [1.807, 2.05) is 6.07 Å². The number of nitriles is 1. The lowest BCUT2D eigenvalue weighted by Crippen LogP contribution is -2.34. The normalized spacial score (nSPS) is 13.5. The largest absolute Gasteiger partial charge is 0.497 e. The van der Waals surface area contributed by atoms with Gasteiger partial charge in [-0.25, -0.2) is 0 Å². The SMILES string of the molecule is COc1ccc(C#N)c(C(O)C(O)C(N)=O)c1. The predicted molar refractivity (Wildman–Crippen MR) is 57.9 cm³/mol. The minimum Gasteiger partial charge on any atom is -0.497 e. The monoisotopic (exact) mass is 236 g/mol. The lowest BCUT2D eigenvalue weighted by atomic mass is 9.98. The van der Waals surface area contributed by atoms with E-state index in [-0.39, 0.29) is 11.1 Å². The Hall–Kier alpha value is -2.10. The summed E-state index contributed by atoms with van der Waals surface area (Å²) in [5.41, 5.74) is 5.11. The average molecular weight is 236 g/mol. The lowest BCUT2D eigenvalue weighted by molar-refractivity contribution is -0.131. The van der Waals surface area contributed by atoms with Crippen molar-refractivity contribution in [3.8, 4) is 11.8 Å². The highest BCUT2D eigenvalue weighted by molar-refractivity contribution is 5.79. The Bertz CT molecular complexity index is 467. The topological polar surface area (TPSA) is 117 Å². The van der Waals surface area contributed by atoms with Crippen molar-refractivity contribution in [3.05, 3.63) is 29.3 Å². The molecule has 0 heterocycles. The summed E-state index contributed by atoms with van der Waals surface area (Å²) in [6.07, 6.45) is -3.33. The molecule has 4 N–H and O–H groups in total. The van der Waals surface area contributed by atoms with Crippen LogP contribution in [0.15, 0.2) is 18.2 Å². The van der Waals surface area contributed by atoms with Crippen molar-refractivity contribution in [3.63, 3.8) is 0 Å². The molecular formula is C11H12N2O4. The molecule has 2 unspecified atom stereocenters. The van der Waals surface area contributed by atoms with Crippen LogP contribution < -0.4 is 10.5 Å². The first-order valence-electron chi connectivity index (χ1n) is 4.74. The Morgan fingerprint density at radius 1 is 1.53 bits per heavy atom. The number of nitrogens with two attached hydrogens (primary N) is 1. The number of benzene rings is 1. The summed E-state index contributed by atoms with van der Waals surface area (Å²) >= 11 is 0. The molecule has 0 spiro atoms. The van der Waals surface area contributed by atoms with Crippen molar-refractivity contribution in [1.29, 1.82) is 5.26 Å². The van der Waals surface area contributed by atoms with Crippen LogP contribution in [0, 0.1) is 11.3 Å². The maximum atomic E-state index is 10.8. The number of ether oxygens (including phenoxy) is 1. The van der Waals surface area contributed by atoms with Crippen LogP contribution in [-0.4, -0.2) is 29.3 Å². The maximum absolute atomic E-state index is 10.8. The molecule has 1 aromatic carbocycles. The van der Waals surface area contributed by atoms with Gasteiger partial charge in [-0.2, -0.15) is 5.26 Å². The molecule has 0 fully saturated rings. The summed E-state index contributed by atoms with van der Waals surface area (Å²) in [4.78, 5) is 10.8. The molecule has 0 saturated heterocycles. The standard InChI is InChI=1S/C11H12N2O4/c1-17-7-3-2-6(5-12)8(4-7)9(14)10(15)11(13)16/h2-4,9-10,14-15H,1H3,(H2,13,16). The highest BCUT2D eigenvalue weighted by atomic mass is 16.5. The van der Waals surface area contributed by atoms with Gasteiger partial charge in [-0.15, -0.1) is 0 Å². The van der Waals surface area contributed by atoms with Crippen molar-refractivity contribution in [2.75, 3.05) is 7.11 Å². The van der Waals surface area contributed by atoms with E-state index in [4.69, 9.17) is 15.7 Å². The number of carbonyl (C=O) groups is 1. The fourth-order valence-corrected chi connectivity index (χ4v) is 1.34. The zero-order chi connectivity index (χ0) is 13.0. The molecule has 1 amide bonds. The van der Waals surface area contributed by atoms with Crippen molar-refractivity contribution in [2.45, 2.75) is 12.2 Å². The fraction of sp³-hybridized carbons (Fsp3) is 0.273. The molecule has 6 heteroatoms. The molecule has 2 atom stereocenters. The summed E-state index contributed by atoms with van der Waals surface area (Å²) < 4.78 is 4.93. The van der Waals surface area contributed by atoms with Gasteiger partial charge < -0.3 is 20.7 Å². The quantitative estimate of drug-likeness (QED) is 0.648. The second kappa shape index (κ2) is 5.30. The smallest absolute Gasteiger partial charge is 0.249 e. The summed E-state index contributed by atoms with van der Waals surface area (Å²) in [5, 5.41) is 27.9. The first-order chi connectivity index (χ1) is 8.01. The molecule has 17 heavy (non-hydrogen) atoms. The van der Waals surface area contributed by atoms with E-state index in [0.717, 1.165) is 0 Å². The molecule has 0 aromatic heterocycles. The summed E-state index contributed by atoms with van der Waals surface area (Å²) in [6, 6.07) is 6.17. The van der Waals surface area contributed by atoms with Gasteiger partial charge in [-0.1, -0.05) is 0 Å². The number of primary amides is 1. The molecule has 0 aliphatic rings. The zero-order valence-electron chi connectivity index (χ0n) is 9.12. The number of rotatable bonds is 4. The number of aliphatic hydroxyl groups is 2. The van der Waals surface area contributed by atoms with Crippen LogP contribution in [0.3, 0.4) is 0 Å². The Kier molecular flexibility index (Phi) is 4.04. The number of hydrogen-bond donors (Lipinski definition) is 3. The maximum Gasteiger partial charge on any atom is 0.249 e. The van der Waals surface area contributed by atoms with Gasteiger partial charge in [0.15, 0.2) is 6.10 Å². The molecule has 90 valence electrons. The van der Waals surface area contributed by atoms with Crippen LogP contribution in [0.2, 0.25) is 0 Å². The Morgan fingerprint density at radius 3 is 2.65 bits per heavy atom. The van der Waals surface area contributed by atoms with Gasteiger partial charge >= 0.3 is 0 Å². The second-order valence-electron chi connectivity index (χ2n) is 3.36. The molecule has 0 bridgehead atoms. The third-order valence-electron chi connectivity index (χ3n) is 2.29. The van der Waals surface area contributed by atoms with E-state index in [2.05, 4.69) is 0 Å². The van der Waals surface area contributed by atoms with Gasteiger partial charge in [0.2, 0.25) is 5.91 Å². The van der Waals surface area contributed by atoms with Crippen LogP contribution in [0.25, 0.3) is 0 Å². The van der Waals surface area contributed by atoms with E-state index in [9.17, 15) is 15.0 Å². The third-order valence-corrected chi connectivity index (χ3v) is 2.29. The van der Waals surface area contributed by atoms with Crippen molar-refractivity contribution in [2.24, 2.45) is 5.73 Å². The van der Waals surface area contributed by atoms with Gasteiger partial charge in [-0.3, -0.25) is 4.79 Å². The first-order valence-corrected chi connectivity index (χ1v) is 4.74. The number of carbonyl (C=O) groups excluding carboxylic acids is 1. The van der Waals surface area contributed by atoms with Gasteiger partial charge in [0.25, 0.3) is 0 Å². The highest BCUT2D eigenvalue weighted by Gasteiger charge is 2.26. The molecular weight excluding hydrogens is 224 g/mol. The number of amides is 1. The highest BCUT2D eigenvalue weighted by Crippen LogP contribution is 2.25. The van der Waals surface area contributed by atoms with E-state index in [1.165, 1.54) is 25.3 Å². The van der Waals surface area contributed by atoms with Gasteiger partial charge in [0.1, 0.15) is 11.9 Å². The number of aliphatic hydroxyl groups excluding tert-OH is 2. The Balaban J connectivity index is 3.19.